The molecule has 0 amide bonds. The van der Waals surface area contributed by atoms with Gasteiger partial charge in [-0.3, -0.25) is 4.99 Å². The first-order valence-electron chi connectivity index (χ1n) is 14.9. The zero-order valence-electron chi connectivity index (χ0n) is 25.7. The lowest BCUT2D eigenvalue weighted by molar-refractivity contribution is -0.376. The summed E-state index contributed by atoms with van der Waals surface area (Å²) in [4.78, 5) is 6.61. The third kappa shape index (κ3) is 7.79. The van der Waals surface area contributed by atoms with E-state index in [1.165, 1.54) is 6.07 Å². The van der Waals surface area contributed by atoms with Crippen molar-refractivity contribution in [3.8, 4) is 11.5 Å². The number of hydrogen-bond donors (Lipinski definition) is 1. The Bertz CT molecular complexity index is 1250. The highest BCUT2D eigenvalue weighted by Gasteiger charge is 2.71. The van der Waals surface area contributed by atoms with Crippen molar-refractivity contribution in [3.63, 3.8) is 0 Å². The largest absolute Gasteiger partial charge is 0.493 e. The molecule has 1 heterocycles. The lowest BCUT2D eigenvalue weighted by Gasteiger charge is -2.33. The molecule has 1 atom stereocenters. The highest BCUT2D eigenvalue weighted by molar-refractivity contribution is 5.60. The first kappa shape index (κ1) is 35.5. The van der Waals surface area contributed by atoms with Crippen LogP contribution < -0.4 is 9.47 Å². The van der Waals surface area contributed by atoms with E-state index in [1.54, 1.807) is 32.3 Å². The normalized spacial score (nSPS) is 17.5. The second kappa shape index (κ2) is 14.0. The number of nitrogens with zero attached hydrogens (tertiary/aromatic N) is 2. The summed E-state index contributed by atoms with van der Waals surface area (Å²) in [6.45, 7) is 10.4. The molecular formula is C32H41F7N2O3. The lowest BCUT2D eigenvalue weighted by Crippen LogP contribution is -2.54. The smallest absolute Gasteiger partial charge is 0.430 e. The van der Waals surface area contributed by atoms with E-state index in [0.29, 0.717) is 44.3 Å². The number of unbranched alkanes of at least 4 members (excludes halogenated alkanes) is 1. The molecule has 246 valence electrons. The van der Waals surface area contributed by atoms with Crippen molar-refractivity contribution in [2.24, 2.45) is 4.99 Å². The average molecular weight is 635 g/mol. The van der Waals surface area contributed by atoms with Crippen LogP contribution in [0.1, 0.15) is 82.6 Å². The fourth-order valence-electron chi connectivity index (χ4n) is 5.31. The molecule has 1 aliphatic rings. The van der Waals surface area contributed by atoms with Gasteiger partial charge in [0.2, 0.25) is 0 Å². The average Bonchev–Trinajstić information content (AvgIpc) is 3.30. The van der Waals surface area contributed by atoms with Gasteiger partial charge in [-0.05, 0) is 87.4 Å². The van der Waals surface area contributed by atoms with Gasteiger partial charge in [0.25, 0.3) is 5.60 Å². The van der Waals surface area contributed by atoms with Crippen molar-refractivity contribution in [1.82, 2.24) is 4.90 Å². The van der Waals surface area contributed by atoms with E-state index in [1.807, 2.05) is 25.7 Å². The van der Waals surface area contributed by atoms with Gasteiger partial charge >= 0.3 is 12.4 Å². The van der Waals surface area contributed by atoms with Crippen molar-refractivity contribution < 1.29 is 45.3 Å². The minimum atomic E-state index is -5.96. The van der Waals surface area contributed by atoms with E-state index in [0.717, 1.165) is 12.1 Å². The summed E-state index contributed by atoms with van der Waals surface area (Å²) in [5.74, 6) is -0.00425. The summed E-state index contributed by atoms with van der Waals surface area (Å²) in [7, 11) is 0. The molecule has 0 saturated heterocycles. The predicted molar refractivity (Wildman–Crippen MR) is 155 cm³/mol. The van der Waals surface area contributed by atoms with Gasteiger partial charge in [0.1, 0.15) is 11.3 Å². The number of hydrogen-bond acceptors (Lipinski definition) is 5. The SMILES string of the molecule is CCCc1cc(C(O)(C(F)(F)F)C(F)(F)F)cc(CCC)c1OCCCCN1C=NC(C)(c2ccc(OC(C)C)c(F)c2)C1. The van der Waals surface area contributed by atoms with Gasteiger partial charge in [-0.1, -0.05) is 32.8 Å². The third-order valence-electron chi connectivity index (χ3n) is 7.54. The van der Waals surface area contributed by atoms with Crippen LogP contribution in [0.5, 0.6) is 11.5 Å². The Balaban J connectivity index is 1.67. The highest BCUT2D eigenvalue weighted by Crippen LogP contribution is 2.51. The van der Waals surface area contributed by atoms with Crippen molar-refractivity contribution in [1.29, 1.82) is 0 Å². The van der Waals surface area contributed by atoms with E-state index in [9.17, 15) is 35.8 Å². The van der Waals surface area contributed by atoms with Gasteiger partial charge in [0.05, 0.1) is 19.0 Å². The Labute approximate surface area is 254 Å². The molecule has 12 heteroatoms. The number of halogens is 7. The Hall–Kier alpha value is -3.02. The fraction of sp³-hybridized carbons (Fsp3) is 0.594. The maximum Gasteiger partial charge on any atom is 0.430 e. The Morgan fingerprint density at radius 2 is 1.55 bits per heavy atom. The van der Waals surface area contributed by atoms with Crippen molar-refractivity contribution >= 4 is 6.34 Å². The molecule has 1 aliphatic heterocycles. The van der Waals surface area contributed by atoms with Crippen LogP contribution in [0.25, 0.3) is 0 Å². The minimum Gasteiger partial charge on any atom is -0.493 e. The van der Waals surface area contributed by atoms with Crippen molar-refractivity contribution in [3.05, 3.63) is 58.4 Å². The number of aliphatic hydroxyl groups is 1. The number of alkyl halides is 6. The van der Waals surface area contributed by atoms with Crippen LogP contribution in [0.4, 0.5) is 30.7 Å². The quantitative estimate of drug-likeness (QED) is 0.168. The van der Waals surface area contributed by atoms with E-state index < -0.39 is 34.9 Å². The van der Waals surface area contributed by atoms with Crippen LogP contribution in [0.15, 0.2) is 35.3 Å². The lowest BCUT2D eigenvalue weighted by atomic mass is 9.87. The van der Waals surface area contributed by atoms with E-state index >= 15 is 0 Å². The third-order valence-corrected chi connectivity index (χ3v) is 7.54. The number of ether oxygens (including phenoxy) is 2. The van der Waals surface area contributed by atoms with Gasteiger partial charge in [0, 0.05) is 18.7 Å². The van der Waals surface area contributed by atoms with Gasteiger partial charge < -0.3 is 19.5 Å². The van der Waals surface area contributed by atoms with Gasteiger partial charge in [0.15, 0.2) is 11.6 Å². The standard InChI is InChI=1S/C32H41F7N2O3/c1-6-10-22-16-25(30(42,31(34,35)36)32(37,38)39)17-23(11-7-2)28(22)43-15-9-8-14-41-19-29(5,40-20-41)24-12-13-27(26(33)18-24)44-21(3)4/h12-13,16-18,20-21,42H,6-11,14-15,19H2,1-5H3. The molecule has 1 unspecified atom stereocenters. The molecule has 0 radical (unpaired) electrons. The summed E-state index contributed by atoms with van der Waals surface area (Å²) in [6, 6.07) is 6.37. The van der Waals surface area contributed by atoms with Gasteiger partial charge in [-0.25, -0.2) is 4.39 Å². The maximum absolute atomic E-state index is 14.6. The molecule has 0 aliphatic carbocycles. The predicted octanol–water partition coefficient (Wildman–Crippen LogP) is 8.25. The first-order chi connectivity index (χ1) is 20.5. The van der Waals surface area contributed by atoms with Crippen LogP contribution in [-0.2, 0) is 24.0 Å². The zero-order chi connectivity index (χ0) is 32.9. The van der Waals surface area contributed by atoms with Crippen LogP contribution >= 0.6 is 0 Å². The fourth-order valence-corrected chi connectivity index (χ4v) is 5.31. The number of rotatable bonds is 14. The molecule has 0 spiro atoms. The first-order valence-corrected chi connectivity index (χ1v) is 14.9. The summed E-state index contributed by atoms with van der Waals surface area (Å²) in [5.41, 5.74) is -5.79. The Morgan fingerprint density at radius 1 is 0.955 bits per heavy atom. The maximum atomic E-state index is 14.6. The molecule has 0 saturated carbocycles. The second-order valence-electron chi connectivity index (χ2n) is 11.7. The van der Waals surface area contributed by atoms with Crippen LogP contribution in [0.2, 0.25) is 0 Å². The molecule has 1 N–H and O–H groups in total. The van der Waals surface area contributed by atoms with Crippen LogP contribution in [-0.4, -0.2) is 54.5 Å². The topological polar surface area (TPSA) is 54.3 Å². The number of benzene rings is 2. The Kier molecular flexibility index (Phi) is 11.2. The summed E-state index contributed by atoms with van der Waals surface area (Å²) in [5, 5.41) is 10.0. The molecule has 5 nitrogen and oxygen atoms in total. The zero-order valence-corrected chi connectivity index (χ0v) is 25.7. The molecule has 2 aromatic carbocycles. The van der Waals surface area contributed by atoms with Crippen molar-refractivity contribution in [2.75, 3.05) is 19.7 Å². The van der Waals surface area contributed by atoms with E-state index in [2.05, 4.69) is 4.99 Å². The Morgan fingerprint density at radius 3 is 2.05 bits per heavy atom. The number of aryl methyl sites for hydroxylation is 2. The van der Waals surface area contributed by atoms with Crippen LogP contribution in [0, 0.1) is 5.82 Å². The van der Waals surface area contributed by atoms with Crippen molar-refractivity contribution in [2.45, 2.75) is 103 Å². The summed E-state index contributed by atoms with van der Waals surface area (Å²) in [6.07, 6.45) is -7.87. The summed E-state index contributed by atoms with van der Waals surface area (Å²) < 4.78 is 108. The molecule has 0 aromatic heterocycles. The highest BCUT2D eigenvalue weighted by atomic mass is 19.4. The molecule has 0 bridgehead atoms. The molecule has 44 heavy (non-hydrogen) atoms. The molecule has 3 rings (SSSR count). The molecule has 0 fully saturated rings. The minimum absolute atomic E-state index is 0.158. The van der Waals surface area contributed by atoms with Crippen LogP contribution in [0.3, 0.4) is 0 Å². The molecular weight excluding hydrogens is 593 g/mol. The summed E-state index contributed by atoms with van der Waals surface area (Å²) >= 11 is 0. The number of aliphatic imine (C=N–C) groups is 1. The van der Waals surface area contributed by atoms with E-state index in [4.69, 9.17) is 9.47 Å². The molecule has 2 aromatic rings. The van der Waals surface area contributed by atoms with Gasteiger partial charge in [-0.2, -0.15) is 26.3 Å². The monoisotopic (exact) mass is 634 g/mol. The van der Waals surface area contributed by atoms with E-state index in [-0.39, 0.29) is 48.2 Å². The second-order valence-corrected chi connectivity index (χ2v) is 11.7. The van der Waals surface area contributed by atoms with Gasteiger partial charge in [-0.15, -0.1) is 0 Å².